The lowest BCUT2D eigenvalue weighted by Gasteiger charge is -2.29. The molecular weight excluding hydrogens is 354 g/mol. The van der Waals surface area contributed by atoms with Gasteiger partial charge in [-0.1, -0.05) is 37.8 Å². The highest BCUT2D eigenvalue weighted by molar-refractivity contribution is 6.07. The zero-order chi connectivity index (χ0) is 19.6. The number of amides is 3. The van der Waals surface area contributed by atoms with Gasteiger partial charge in [-0.05, 0) is 50.3 Å². The second-order valence-corrected chi connectivity index (χ2v) is 8.27. The average Bonchev–Trinajstić information content (AvgIpc) is 3.14. The third kappa shape index (κ3) is 3.62. The van der Waals surface area contributed by atoms with Crippen molar-refractivity contribution in [2.45, 2.75) is 69.9 Å². The van der Waals surface area contributed by atoms with Gasteiger partial charge in [0, 0.05) is 12.6 Å². The van der Waals surface area contributed by atoms with E-state index in [1.807, 2.05) is 19.1 Å². The molecule has 0 unspecified atom stereocenters. The molecule has 1 aromatic rings. The summed E-state index contributed by atoms with van der Waals surface area (Å²) in [7, 11) is 0. The first kappa shape index (κ1) is 19.2. The van der Waals surface area contributed by atoms with Crippen LogP contribution < -0.4 is 10.1 Å². The van der Waals surface area contributed by atoms with Crippen LogP contribution in [0.4, 0.5) is 4.79 Å². The van der Waals surface area contributed by atoms with E-state index in [-0.39, 0.29) is 18.0 Å². The maximum atomic E-state index is 13.2. The third-order valence-corrected chi connectivity index (χ3v) is 6.47. The number of nitrogens with one attached hydrogen (secondary N) is 1. The molecule has 6 heteroatoms. The fraction of sp³-hybridized carbons (Fsp3) is 0.636. The summed E-state index contributed by atoms with van der Waals surface area (Å²) >= 11 is 0. The summed E-state index contributed by atoms with van der Waals surface area (Å²) < 4.78 is 5.54. The van der Waals surface area contributed by atoms with Gasteiger partial charge in [0.05, 0.1) is 13.3 Å². The van der Waals surface area contributed by atoms with E-state index in [0.29, 0.717) is 13.3 Å². The molecular formula is C22H31N3O3. The predicted molar refractivity (Wildman–Crippen MR) is 107 cm³/mol. The second kappa shape index (κ2) is 8.11. The van der Waals surface area contributed by atoms with Gasteiger partial charge in [0.25, 0.3) is 5.91 Å². The van der Waals surface area contributed by atoms with E-state index in [0.717, 1.165) is 63.7 Å². The molecule has 3 fully saturated rings. The number of likely N-dealkylation sites (tertiary alicyclic amines) is 1. The Labute approximate surface area is 167 Å². The van der Waals surface area contributed by atoms with Crippen LogP contribution in [0, 0.1) is 0 Å². The van der Waals surface area contributed by atoms with Gasteiger partial charge in [0.2, 0.25) is 0 Å². The number of ether oxygens (including phenoxy) is 1. The number of carbonyl (C=O) groups excluding carboxylic acids is 2. The van der Waals surface area contributed by atoms with Crippen LogP contribution in [0.25, 0.3) is 0 Å². The first-order valence-corrected chi connectivity index (χ1v) is 10.7. The molecule has 2 heterocycles. The first-order valence-electron chi connectivity index (χ1n) is 10.7. The number of rotatable bonds is 5. The highest BCUT2D eigenvalue weighted by Gasteiger charge is 2.51. The molecule has 28 heavy (non-hydrogen) atoms. The lowest BCUT2D eigenvalue weighted by atomic mass is 9.90. The van der Waals surface area contributed by atoms with Crippen LogP contribution in [0.15, 0.2) is 24.3 Å². The highest BCUT2D eigenvalue weighted by Crippen LogP contribution is 2.36. The van der Waals surface area contributed by atoms with Crippen molar-refractivity contribution in [2.24, 2.45) is 0 Å². The van der Waals surface area contributed by atoms with Gasteiger partial charge in [0.15, 0.2) is 0 Å². The smallest absolute Gasteiger partial charge is 0.326 e. The van der Waals surface area contributed by atoms with Crippen LogP contribution in [0.1, 0.15) is 69.9 Å². The molecule has 0 radical (unpaired) electrons. The largest absolute Gasteiger partial charge is 0.494 e. The molecule has 1 atom stereocenters. The lowest BCUT2D eigenvalue weighted by Crippen LogP contribution is -2.47. The van der Waals surface area contributed by atoms with Crippen molar-refractivity contribution >= 4 is 11.9 Å². The van der Waals surface area contributed by atoms with E-state index in [1.54, 1.807) is 0 Å². The minimum atomic E-state index is -0.651. The number of imide groups is 1. The van der Waals surface area contributed by atoms with E-state index in [9.17, 15) is 9.59 Å². The maximum absolute atomic E-state index is 13.2. The summed E-state index contributed by atoms with van der Waals surface area (Å²) in [6, 6.07) is 8.23. The zero-order valence-electron chi connectivity index (χ0n) is 16.8. The standard InChI is InChI=1S/C22H31N3O3/c1-2-28-18-11-9-17(10-12-18)19-8-7-15-24(19)16-25-20(26)22(23-21(25)27)13-5-3-4-6-14-22/h9-12,19H,2-8,13-16H2,1H3,(H,23,27)/t19-/m1/s1. The normalized spacial score (nSPS) is 25.2. The highest BCUT2D eigenvalue weighted by atomic mass is 16.5. The molecule has 2 aliphatic heterocycles. The third-order valence-electron chi connectivity index (χ3n) is 6.47. The molecule has 2 saturated heterocycles. The molecule has 3 aliphatic rings. The summed E-state index contributed by atoms with van der Waals surface area (Å²) in [5.74, 6) is 0.858. The Bertz CT molecular complexity index is 710. The van der Waals surface area contributed by atoms with Crippen LogP contribution in [0.5, 0.6) is 5.75 Å². The average molecular weight is 386 g/mol. The Hall–Kier alpha value is -2.08. The Kier molecular flexibility index (Phi) is 5.58. The van der Waals surface area contributed by atoms with Crippen LogP contribution in [-0.4, -0.2) is 47.1 Å². The molecule has 152 valence electrons. The van der Waals surface area contributed by atoms with Gasteiger partial charge < -0.3 is 10.1 Å². The Morgan fingerprint density at radius 1 is 1.07 bits per heavy atom. The van der Waals surface area contributed by atoms with E-state index < -0.39 is 5.54 Å². The minimum absolute atomic E-state index is 0.0169. The fourth-order valence-corrected chi connectivity index (χ4v) is 4.98. The summed E-state index contributed by atoms with van der Waals surface area (Å²) in [6.07, 6.45) is 7.99. The Morgan fingerprint density at radius 2 is 1.79 bits per heavy atom. The van der Waals surface area contributed by atoms with Crippen LogP contribution in [0.2, 0.25) is 0 Å². The summed E-state index contributed by atoms with van der Waals surface area (Å²) in [4.78, 5) is 29.6. The molecule has 1 aliphatic carbocycles. The van der Waals surface area contributed by atoms with E-state index in [1.165, 1.54) is 10.5 Å². The quantitative estimate of drug-likeness (QED) is 0.783. The number of hydrogen-bond donors (Lipinski definition) is 1. The number of benzene rings is 1. The van der Waals surface area contributed by atoms with Gasteiger partial charge in [-0.15, -0.1) is 0 Å². The fourth-order valence-electron chi connectivity index (χ4n) is 4.98. The van der Waals surface area contributed by atoms with Gasteiger partial charge in [-0.2, -0.15) is 0 Å². The molecule has 3 amide bonds. The topological polar surface area (TPSA) is 61.9 Å². The molecule has 0 aromatic heterocycles. The van der Waals surface area contributed by atoms with Crippen molar-refractivity contribution in [3.63, 3.8) is 0 Å². The predicted octanol–water partition coefficient (Wildman–Crippen LogP) is 3.82. The lowest BCUT2D eigenvalue weighted by molar-refractivity contribution is -0.133. The van der Waals surface area contributed by atoms with Crippen LogP contribution >= 0.6 is 0 Å². The van der Waals surface area contributed by atoms with Crippen LogP contribution in [-0.2, 0) is 4.79 Å². The first-order chi connectivity index (χ1) is 13.6. The van der Waals surface area contributed by atoms with E-state index in [2.05, 4.69) is 22.3 Å². The van der Waals surface area contributed by atoms with Crippen molar-refractivity contribution in [1.82, 2.24) is 15.1 Å². The maximum Gasteiger partial charge on any atom is 0.326 e. The van der Waals surface area contributed by atoms with Gasteiger partial charge in [-0.25, -0.2) is 9.69 Å². The number of carbonyl (C=O) groups is 2. The van der Waals surface area contributed by atoms with Gasteiger partial charge in [-0.3, -0.25) is 9.69 Å². The van der Waals surface area contributed by atoms with Crippen LogP contribution in [0.3, 0.4) is 0 Å². The Balaban J connectivity index is 1.46. The number of hydrogen-bond acceptors (Lipinski definition) is 4. The monoisotopic (exact) mass is 385 g/mol. The molecule has 1 aromatic carbocycles. The molecule has 1 spiro atoms. The van der Waals surface area contributed by atoms with Crippen molar-refractivity contribution < 1.29 is 14.3 Å². The van der Waals surface area contributed by atoms with Gasteiger partial charge >= 0.3 is 6.03 Å². The minimum Gasteiger partial charge on any atom is -0.494 e. The zero-order valence-corrected chi connectivity index (χ0v) is 16.8. The molecule has 1 N–H and O–H groups in total. The van der Waals surface area contributed by atoms with Crippen molar-refractivity contribution in [3.05, 3.63) is 29.8 Å². The van der Waals surface area contributed by atoms with E-state index in [4.69, 9.17) is 4.74 Å². The van der Waals surface area contributed by atoms with Crippen molar-refractivity contribution in [1.29, 1.82) is 0 Å². The molecule has 0 bridgehead atoms. The number of urea groups is 1. The van der Waals surface area contributed by atoms with E-state index >= 15 is 0 Å². The molecule has 1 saturated carbocycles. The number of nitrogens with zero attached hydrogens (tertiary/aromatic N) is 2. The SMILES string of the molecule is CCOc1ccc([C@H]2CCCN2CN2C(=O)NC3(CCCCCC3)C2=O)cc1. The summed E-state index contributed by atoms with van der Waals surface area (Å²) in [5, 5.41) is 3.05. The summed E-state index contributed by atoms with van der Waals surface area (Å²) in [6.45, 7) is 3.92. The molecule has 4 rings (SSSR count). The summed E-state index contributed by atoms with van der Waals surface area (Å²) in [5.41, 5.74) is 0.569. The van der Waals surface area contributed by atoms with Gasteiger partial charge in [0.1, 0.15) is 11.3 Å². The Morgan fingerprint density at radius 3 is 2.46 bits per heavy atom. The molecule has 6 nitrogen and oxygen atoms in total. The second-order valence-electron chi connectivity index (χ2n) is 8.27. The van der Waals surface area contributed by atoms with Crippen molar-refractivity contribution in [2.75, 3.05) is 19.8 Å². The van der Waals surface area contributed by atoms with Crippen molar-refractivity contribution in [3.8, 4) is 5.75 Å².